The molecule has 1 atom stereocenters. The van der Waals surface area contributed by atoms with E-state index in [0.717, 1.165) is 26.1 Å². The van der Waals surface area contributed by atoms with Crippen LogP contribution in [0.25, 0.3) is 0 Å². The lowest BCUT2D eigenvalue weighted by atomic mass is 10.2. The van der Waals surface area contributed by atoms with Crippen LogP contribution in [0.4, 0.5) is 0 Å². The first-order valence-corrected chi connectivity index (χ1v) is 6.67. The summed E-state index contributed by atoms with van der Waals surface area (Å²) in [7, 11) is 0. The predicted molar refractivity (Wildman–Crippen MR) is 75.5 cm³/mol. The molecule has 1 aliphatic heterocycles. The molecule has 1 heterocycles. The smallest absolute Gasteiger partial charge is 0.237 e. The maximum absolute atomic E-state index is 12.2. The van der Waals surface area contributed by atoms with E-state index in [9.17, 15) is 4.79 Å². The number of likely N-dealkylation sites (N-methyl/N-ethyl adjacent to an activating group) is 1. The number of carbonyl (C=O) groups excluding carboxylic acids is 1. The Balaban J connectivity index is 2.52. The van der Waals surface area contributed by atoms with Crippen molar-refractivity contribution in [2.45, 2.75) is 19.4 Å². The summed E-state index contributed by atoms with van der Waals surface area (Å²) >= 11 is 0. The molecule has 1 unspecified atom stereocenters. The van der Waals surface area contributed by atoms with Gasteiger partial charge in [-0.2, -0.15) is 0 Å². The van der Waals surface area contributed by atoms with Crippen LogP contribution in [0.1, 0.15) is 13.3 Å². The van der Waals surface area contributed by atoms with Crippen LogP contribution in [0, 0.1) is 0 Å². The first kappa shape index (κ1) is 14.9. The number of amides is 1. The van der Waals surface area contributed by atoms with Crippen molar-refractivity contribution in [3.8, 4) is 0 Å². The van der Waals surface area contributed by atoms with Gasteiger partial charge in [0.05, 0.1) is 6.54 Å². The van der Waals surface area contributed by atoms with Crippen molar-refractivity contribution in [1.29, 1.82) is 0 Å². The zero-order valence-corrected chi connectivity index (χ0v) is 11.4. The molecule has 1 amide bonds. The lowest BCUT2D eigenvalue weighted by Gasteiger charge is -2.29. The van der Waals surface area contributed by atoms with Crippen molar-refractivity contribution in [2.24, 2.45) is 0 Å². The molecule has 0 aromatic rings. The van der Waals surface area contributed by atoms with Crippen LogP contribution in [0.15, 0.2) is 25.3 Å². The summed E-state index contributed by atoms with van der Waals surface area (Å²) in [4.78, 5) is 16.3. The normalized spacial score (nSPS) is 18.9. The van der Waals surface area contributed by atoms with Gasteiger partial charge >= 0.3 is 0 Å². The highest BCUT2D eigenvalue weighted by Crippen LogP contribution is 2.08. The Morgan fingerprint density at radius 3 is 2.50 bits per heavy atom. The fourth-order valence-corrected chi connectivity index (χ4v) is 2.31. The molecular weight excluding hydrogens is 226 g/mol. The third-order valence-electron chi connectivity index (χ3n) is 3.35. The Hall–Kier alpha value is -1.13. The van der Waals surface area contributed by atoms with Crippen LogP contribution in [-0.2, 0) is 4.79 Å². The number of hydrogen-bond donors (Lipinski definition) is 1. The molecule has 1 aliphatic rings. The third-order valence-corrected chi connectivity index (χ3v) is 3.35. The maximum atomic E-state index is 12.2. The second-order valence-electron chi connectivity index (χ2n) is 4.59. The number of nitrogens with zero attached hydrogens (tertiary/aromatic N) is 2. The molecule has 0 radical (unpaired) electrons. The van der Waals surface area contributed by atoms with Crippen LogP contribution < -0.4 is 5.32 Å². The SMILES string of the molecule is C=CCN(CC=C)C(=O)CN(CC)C1CCNC1. The van der Waals surface area contributed by atoms with E-state index < -0.39 is 0 Å². The minimum absolute atomic E-state index is 0.156. The van der Waals surface area contributed by atoms with Gasteiger partial charge in [-0.25, -0.2) is 0 Å². The Bertz CT molecular complexity index is 275. The summed E-state index contributed by atoms with van der Waals surface area (Å²) in [5, 5.41) is 3.34. The van der Waals surface area contributed by atoms with E-state index in [1.165, 1.54) is 0 Å². The van der Waals surface area contributed by atoms with E-state index in [-0.39, 0.29) is 5.91 Å². The van der Waals surface area contributed by atoms with Crippen molar-refractivity contribution in [1.82, 2.24) is 15.1 Å². The van der Waals surface area contributed by atoms with Gasteiger partial charge < -0.3 is 10.2 Å². The minimum Gasteiger partial charge on any atom is -0.334 e. The molecule has 1 N–H and O–H groups in total. The van der Waals surface area contributed by atoms with Gasteiger partial charge in [-0.1, -0.05) is 19.1 Å². The quantitative estimate of drug-likeness (QED) is 0.650. The molecule has 1 fully saturated rings. The average Bonchev–Trinajstić information content (AvgIpc) is 2.89. The summed E-state index contributed by atoms with van der Waals surface area (Å²) < 4.78 is 0. The maximum Gasteiger partial charge on any atom is 0.237 e. The molecule has 0 aromatic heterocycles. The molecule has 0 spiro atoms. The first-order valence-electron chi connectivity index (χ1n) is 6.67. The van der Waals surface area contributed by atoms with Gasteiger partial charge in [-0.15, -0.1) is 13.2 Å². The second-order valence-corrected chi connectivity index (χ2v) is 4.59. The van der Waals surface area contributed by atoms with E-state index in [1.54, 1.807) is 17.1 Å². The van der Waals surface area contributed by atoms with Crippen molar-refractivity contribution in [3.05, 3.63) is 25.3 Å². The van der Waals surface area contributed by atoms with Crippen molar-refractivity contribution >= 4 is 5.91 Å². The molecule has 1 rings (SSSR count). The summed E-state index contributed by atoms with van der Waals surface area (Å²) in [5.41, 5.74) is 0. The molecular formula is C14H25N3O. The van der Waals surface area contributed by atoms with Gasteiger partial charge in [-0.05, 0) is 19.5 Å². The fraction of sp³-hybridized carbons (Fsp3) is 0.643. The van der Waals surface area contributed by atoms with E-state index in [2.05, 4.69) is 30.3 Å². The van der Waals surface area contributed by atoms with Crippen LogP contribution in [0.5, 0.6) is 0 Å². The molecule has 18 heavy (non-hydrogen) atoms. The molecule has 1 saturated heterocycles. The van der Waals surface area contributed by atoms with Crippen molar-refractivity contribution in [3.63, 3.8) is 0 Å². The topological polar surface area (TPSA) is 35.6 Å². The second kappa shape index (κ2) is 8.06. The zero-order valence-electron chi connectivity index (χ0n) is 11.4. The highest BCUT2D eigenvalue weighted by molar-refractivity contribution is 5.78. The summed E-state index contributed by atoms with van der Waals surface area (Å²) in [6, 6.07) is 0.494. The summed E-state index contributed by atoms with van der Waals surface area (Å²) in [6.45, 7) is 14.1. The summed E-state index contributed by atoms with van der Waals surface area (Å²) in [6.07, 6.45) is 4.65. The van der Waals surface area contributed by atoms with Crippen molar-refractivity contribution in [2.75, 3.05) is 39.3 Å². The van der Waals surface area contributed by atoms with Gasteiger partial charge in [0.1, 0.15) is 0 Å². The molecule has 0 bridgehead atoms. The van der Waals surface area contributed by atoms with E-state index in [4.69, 9.17) is 0 Å². The van der Waals surface area contributed by atoms with Crippen molar-refractivity contribution < 1.29 is 4.79 Å². The molecule has 4 heteroatoms. The zero-order chi connectivity index (χ0) is 13.4. The van der Waals surface area contributed by atoms with Crippen LogP contribution in [-0.4, -0.2) is 61.0 Å². The number of carbonyl (C=O) groups is 1. The standard InChI is InChI=1S/C14H25N3O/c1-4-9-17(10-5-2)14(18)12-16(6-3)13-7-8-15-11-13/h4-5,13,15H,1-2,6-12H2,3H3. The highest BCUT2D eigenvalue weighted by atomic mass is 16.2. The predicted octanol–water partition coefficient (Wildman–Crippen LogP) is 0.871. The largest absolute Gasteiger partial charge is 0.334 e. The Morgan fingerprint density at radius 2 is 2.06 bits per heavy atom. The Morgan fingerprint density at radius 1 is 1.39 bits per heavy atom. The average molecular weight is 251 g/mol. The molecule has 0 aromatic carbocycles. The Kier molecular flexibility index (Phi) is 6.68. The monoisotopic (exact) mass is 251 g/mol. The number of rotatable bonds is 8. The first-order chi connectivity index (χ1) is 8.72. The molecule has 102 valence electrons. The van der Waals surface area contributed by atoms with E-state index >= 15 is 0 Å². The molecule has 0 aliphatic carbocycles. The highest BCUT2D eigenvalue weighted by Gasteiger charge is 2.24. The minimum atomic E-state index is 0.156. The van der Waals surface area contributed by atoms with Gasteiger partial charge in [0, 0.05) is 25.7 Å². The van der Waals surface area contributed by atoms with Gasteiger partial charge in [0.15, 0.2) is 0 Å². The van der Waals surface area contributed by atoms with Gasteiger partial charge in [0.25, 0.3) is 0 Å². The fourth-order valence-electron chi connectivity index (χ4n) is 2.31. The van der Waals surface area contributed by atoms with Gasteiger partial charge in [0.2, 0.25) is 5.91 Å². The van der Waals surface area contributed by atoms with E-state index in [1.807, 2.05) is 0 Å². The van der Waals surface area contributed by atoms with Crippen LogP contribution >= 0.6 is 0 Å². The molecule has 4 nitrogen and oxygen atoms in total. The third kappa shape index (κ3) is 4.27. The number of nitrogens with one attached hydrogen (secondary N) is 1. The number of hydrogen-bond acceptors (Lipinski definition) is 3. The van der Waals surface area contributed by atoms with Crippen LogP contribution in [0.3, 0.4) is 0 Å². The van der Waals surface area contributed by atoms with E-state index in [0.29, 0.717) is 25.7 Å². The van der Waals surface area contributed by atoms with Gasteiger partial charge in [-0.3, -0.25) is 9.69 Å². The lowest BCUT2D eigenvalue weighted by molar-refractivity contribution is -0.131. The molecule has 0 saturated carbocycles. The van der Waals surface area contributed by atoms with Crippen LogP contribution in [0.2, 0.25) is 0 Å². The summed E-state index contributed by atoms with van der Waals surface area (Å²) in [5.74, 6) is 0.156. The lowest BCUT2D eigenvalue weighted by Crippen LogP contribution is -2.45. The Labute approximate surface area is 110 Å².